The van der Waals surface area contributed by atoms with Gasteiger partial charge in [0.25, 0.3) is 0 Å². The van der Waals surface area contributed by atoms with Crippen molar-refractivity contribution in [1.82, 2.24) is 0 Å². The van der Waals surface area contributed by atoms with Crippen molar-refractivity contribution in [3.63, 3.8) is 0 Å². The third-order valence-electron chi connectivity index (χ3n) is 7.06. The number of rotatable bonds is 6. The summed E-state index contributed by atoms with van der Waals surface area (Å²) in [6, 6.07) is 14.5. The number of fused-ring (bicyclic) bond motifs is 2. The predicted octanol–water partition coefficient (Wildman–Crippen LogP) is 9.23. The summed E-state index contributed by atoms with van der Waals surface area (Å²) in [6.07, 6.45) is -0.763. The molecule has 0 saturated carbocycles. The van der Waals surface area contributed by atoms with Crippen LogP contribution in [0, 0.1) is 35.2 Å². The standard InChI is InChI=1S/C32H26F6O2/c1-2-3-4-5-19-17-39-31(40-18-19)23-9-8-20-12-22(7-6-21(20)13-23)24-14-25-16-27(33)26(10-11-32(36,37)38)30(35)29(25)28(34)15-24/h6-9,12-16,19,31H,2-5,17-18H2,1H3. The van der Waals surface area contributed by atoms with Crippen LogP contribution in [0.5, 0.6) is 0 Å². The van der Waals surface area contributed by atoms with Crippen molar-refractivity contribution >= 4 is 21.5 Å². The van der Waals surface area contributed by atoms with Crippen LogP contribution in [0.15, 0.2) is 54.6 Å². The van der Waals surface area contributed by atoms with Gasteiger partial charge in [-0.15, -0.1) is 0 Å². The van der Waals surface area contributed by atoms with E-state index < -0.39 is 40.9 Å². The lowest BCUT2D eigenvalue weighted by molar-refractivity contribution is -0.206. The summed E-state index contributed by atoms with van der Waals surface area (Å²) in [7, 11) is 0. The van der Waals surface area contributed by atoms with Crippen molar-refractivity contribution in [1.29, 1.82) is 0 Å². The minimum absolute atomic E-state index is 0.127. The molecule has 0 radical (unpaired) electrons. The van der Waals surface area contributed by atoms with Gasteiger partial charge in [0.2, 0.25) is 0 Å². The molecule has 1 saturated heterocycles. The number of ether oxygens (including phenoxy) is 2. The van der Waals surface area contributed by atoms with Crippen LogP contribution in [0.3, 0.4) is 0 Å². The van der Waals surface area contributed by atoms with Gasteiger partial charge in [0.15, 0.2) is 12.1 Å². The Bertz CT molecular complexity index is 1610. The van der Waals surface area contributed by atoms with Gasteiger partial charge in [-0.2, -0.15) is 13.2 Å². The molecule has 0 aromatic heterocycles. The Hall–Kier alpha value is -3.54. The first-order chi connectivity index (χ1) is 19.1. The van der Waals surface area contributed by atoms with E-state index in [1.807, 2.05) is 30.3 Å². The first-order valence-corrected chi connectivity index (χ1v) is 13.1. The molecule has 0 N–H and O–H groups in total. The monoisotopic (exact) mass is 556 g/mol. The molecular formula is C32H26F6O2. The van der Waals surface area contributed by atoms with Gasteiger partial charge >= 0.3 is 6.18 Å². The molecule has 0 aliphatic carbocycles. The molecule has 8 heteroatoms. The number of alkyl halides is 3. The highest BCUT2D eigenvalue weighted by atomic mass is 19.4. The Morgan fingerprint density at radius 3 is 2.23 bits per heavy atom. The number of halogens is 6. The fourth-order valence-corrected chi connectivity index (χ4v) is 5.00. The van der Waals surface area contributed by atoms with Crippen LogP contribution >= 0.6 is 0 Å². The van der Waals surface area contributed by atoms with Gasteiger partial charge in [-0.25, -0.2) is 13.2 Å². The van der Waals surface area contributed by atoms with Crippen LogP contribution in [0.4, 0.5) is 26.3 Å². The van der Waals surface area contributed by atoms with Crippen LogP contribution in [-0.2, 0) is 9.47 Å². The summed E-state index contributed by atoms with van der Waals surface area (Å²) in [5, 5.41) is 1.01. The molecule has 1 fully saturated rings. The second-order valence-electron chi connectivity index (χ2n) is 10.0. The average molecular weight is 557 g/mol. The summed E-state index contributed by atoms with van der Waals surface area (Å²) in [5.74, 6) is -1.14. The van der Waals surface area contributed by atoms with E-state index in [2.05, 4.69) is 6.92 Å². The summed E-state index contributed by atoms with van der Waals surface area (Å²) < 4.78 is 93.5. The summed E-state index contributed by atoms with van der Waals surface area (Å²) in [5.41, 5.74) is 0.718. The first kappa shape index (κ1) is 28.0. The quantitative estimate of drug-likeness (QED) is 0.134. The molecule has 4 aromatic rings. The molecule has 1 heterocycles. The van der Waals surface area contributed by atoms with E-state index in [0.29, 0.717) is 30.3 Å². The lowest BCUT2D eigenvalue weighted by Crippen LogP contribution is -2.27. The van der Waals surface area contributed by atoms with Gasteiger partial charge in [-0.1, -0.05) is 56.4 Å². The lowest BCUT2D eigenvalue weighted by atomic mass is 9.96. The molecule has 208 valence electrons. The van der Waals surface area contributed by atoms with E-state index in [1.165, 1.54) is 31.2 Å². The van der Waals surface area contributed by atoms with E-state index in [0.717, 1.165) is 40.8 Å². The second kappa shape index (κ2) is 11.5. The molecule has 1 aliphatic rings. The van der Waals surface area contributed by atoms with E-state index in [1.54, 1.807) is 6.07 Å². The number of hydrogen-bond donors (Lipinski definition) is 0. The molecule has 4 aromatic carbocycles. The Balaban J connectivity index is 1.40. The SMILES string of the molecule is CCCCCC1COC(c2ccc3cc(-c4cc(F)c5c(F)c(C#CC(F)(F)F)c(F)cc5c4)ccc3c2)OC1. The number of unbranched alkanes of at least 4 members (excludes halogenated alkanes) is 2. The Morgan fingerprint density at radius 1 is 0.800 bits per heavy atom. The maximum Gasteiger partial charge on any atom is 0.458 e. The smallest absolute Gasteiger partial charge is 0.348 e. The largest absolute Gasteiger partial charge is 0.458 e. The van der Waals surface area contributed by atoms with Gasteiger partial charge in [0.1, 0.15) is 11.6 Å². The molecule has 40 heavy (non-hydrogen) atoms. The maximum absolute atomic E-state index is 15.0. The van der Waals surface area contributed by atoms with Crippen LogP contribution in [0.25, 0.3) is 32.7 Å². The molecule has 0 amide bonds. The van der Waals surface area contributed by atoms with E-state index in [-0.39, 0.29) is 5.39 Å². The summed E-state index contributed by atoms with van der Waals surface area (Å²) >= 11 is 0. The molecule has 2 nitrogen and oxygen atoms in total. The van der Waals surface area contributed by atoms with Gasteiger partial charge < -0.3 is 9.47 Å². The zero-order valence-corrected chi connectivity index (χ0v) is 21.7. The molecule has 0 atom stereocenters. The van der Waals surface area contributed by atoms with Crippen molar-refractivity contribution in [3.8, 4) is 23.0 Å². The number of benzene rings is 4. The highest BCUT2D eigenvalue weighted by molar-refractivity contribution is 5.92. The predicted molar refractivity (Wildman–Crippen MR) is 142 cm³/mol. The molecule has 5 rings (SSSR count). The van der Waals surface area contributed by atoms with Gasteiger partial charge in [0, 0.05) is 17.4 Å². The van der Waals surface area contributed by atoms with Crippen LogP contribution in [0.2, 0.25) is 0 Å². The third kappa shape index (κ3) is 6.11. The van der Waals surface area contributed by atoms with Crippen LogP contribution in [-0.4, -0.2) is 19.4 Å². The van der Waals surface area contributed by atoms with Crippen molar-refractivity contribution in [3.05, 3.63) is 83.2 Å². The van der Waals surface area contributed by atoms with E-state index in [4.69, 9.17) is 9.47 Å². The van der Waals surface area contributed by atoms with Crippen molar-refractivity contribution < 1.29 is 35.8 Å². The topological polar surface area (TPSA) is 18.5 Å². The average Bonchev–Trinajstić information content (AvgIpc) is 2.92. The number of hydrogen-bond acceptors (Lipinski definition) is 2. The Morgan fingerprint density at radius 2 is 1.50 bits per heavy atom. The summed E-state index contributed by atoms with van der Waals surface area (Å²) in [4.78, 5) is 0. The fourth-order valence-electron chi connectivity index (χ4n) is 5.00. The zero-order valence-electron chi connectivity index (χ0n) is 21.7. The first-order valence-electron chi connectivity index (χ1n) is 13.1. The Labute approximate surface area is 227 Å². The van der Waals surface area contributed by atoms with Crippen molar-refractivity contribution in [2.24, 2.45) is 5.92 Å². The van der Waals surface area contributed by atoms with Gasteiger partial charge in [-0.05, 0) is 64.0 Å². The van der Waals surface area contributed by atoms with Crippen LogP contribution < -0.4 is 0 Å². The summed E-state index contributed by atoms with van der Waals surface area (Å²) in [6.45, 7) is 3.47. The molecule has 0 unspecified atom stereocenters. The zero-order chi connectivity index (χ0) is 28.4. The van der Waals surface area contributed by atoms with Gasteiger partial charge in [-0.3, -0.25) is 0 Å². The van der Waals surface area contributed by atoms with Crippen LogP contribution in [0.1, 0.15) is 50.0 Å². The third-order valence-corrected chi connectivity index (χ3v) is 7.06. The van der Waals surface area contributed by atoms with E-state index in [9.17, 15) is 22.0 Å². The van der Waals surface area contributed by atoms with Gasteiger partial charge in [0.05, 0.1) is 24.2 Å². The highest BCUT2D eigenvalue weighted by Gasteiger charge is 2.25. The molecule has 1 aliphatic heterocycles. The normalized spacial score (nSPS) is 17.7. The molecule has 0 bridgehead atoms. The Kier molecular flexibility index (Phi) is 8.07. The highest BCUT2D eigenvalue weighted by Crippen LogP contribution is 2.34. The minimum atomic E-state index is -4.94. The molecule has 0 spiro atoms. The lowest BCUT2D eigenvalue weighted by Gasteiger charge is -2.29. The second-order valence-corrected chi connectivity index (χ2v) is 10.0. The maximum atomic E-state index is 15.0. The fraction of sp³-hybridized carbons (Fsp3) is 0.312. The molecular weight excluding hydrogens is 530 g/mol. The van der Waals surface area contributed by atoms with Crippen molar-refractivity contribution in [2.75, 3.05) is 13.2 Å². The van der Waals surface area contributed by atoms with Crippen molar-refractivity contribution in [2.45, 2.75) is 45.1 Å². The van der Waals surface area contributed by atoms with E-state index >= 15 is 4.39 Å². The minimum Gasteiger partial charge on any atom is -0.348 e.